The van der Waals surface area contributed by atoms with Crippen molar-refractivity contribution >= 4 is 0 Å². The van der Waals surface area contributed by atoms with E-state index in [9.17, 15) is 14.3 Å². The topological polar surface area (TPSA) is 69.2 Å². The number of hydrogen-bond donors (Lipinski definition) is 2. The summed E-state index contributed by atoms with van der Waals surface area (Å²) in [5.41, 5.74) is 2.14. The standard InChI is InChI=1S/C19H24FN3O2/c1-2-4-15(24)11-23-8-7-17-16(12-23)19(25)22-18(21-17)10-13-5-3-6-14(20)9-13/h3,5-6,9,15,24H,2,4,7-8,10-12H2,1H3,(H,21,22,25). The van der Waals surface area contributed by atoms with Gasteiger partial charge in [-0.2, -0.15) is 0 Å². The third kappa shape index (κ3) is 4.52. The number of aromatic nitrogens is 2. The molecule has 1 aromatic carbocycles. The van der Waals surface area contributed by atoms with Crippen LogP contribution in [0, 0.1) is 5.82 Å². The molecule has 0 saturated heterocycles. The van der Waals surface area contributed by atoms with Crippen molar-refractivity contribution in [3.8, 4) is 0 Å². The maximum absolute atomic E-state index is 13.3. The van der Waals surface area contributed by atoms with E-state index in [1.165, 1.54) is 12.1 Å². The summed E-state index contributed by atoms with van der Waals surface area (Å²) in [6.07, 6.45) is 2.45. The fourth-order valence-electron chi connectivity index (χ4n) is 3.33. The number of aliphatic hydroxyl groups excluding tert-OH is 1. The highest BCUT2D eigenvalue weighted by Gasteiger charge is 2.22. The van der Waals surface area contributed by atoms with Gasteiger partial charge in [-0.25, -0.2) is 9.37 Å². The number of nitrogens with zero attached hydrogens (tertiary/aromatic N) is 2. The molecule has 1 aliphatic rings. The third-order valence-corrected chi connectivity index (χ3v) is 4.55. The van der Waals surface area contributed by atoms with Crippen molar-refractivity contribution in [3.63, 3.8) is 0 Å². The highest BCUT2D eigenvalue weighted by molar-refractivity contribution is 5.24. The van der Waals surface area contributed by atoms with Gasteiger partial charge in [0.15, 0.2) is 0 Å². The SMILES string of the molecule is CCCC(O)CN1CCc2nc(Cc3cccc(F)c3)[nH]c(=O)c2C1. The van der Waals surface area contributed by atoms with Gasteiger partial charge in [-0.05, 0) is 24.1 Å². The van der Waals surface area contributed by atoms with Crippen molar-refractivity contribution in [1.29, 1.82) is 0 Å². The van der Waals surface area contributed by atoms with Crippen LogP contribution in [-0.4, -0.2) is 39.2 Å². The highest BCUT2D eigenvalue weighted by Crippen LogP contribution is 2.16. The Balaban J connectivity index is 1.74. The van der Waals surface area contributed by atoms with Crippen molar-refractivity contribution in [1.82, 2.24) is 14.9 Å². The molecule has 2 N–H and O–H groups in total. The van der Waals surface area contributed by atoms with Crippen molar-refractivity contribution in [2.75, 3.05) is 13.1 Å². The molecule has 0 saturated carbocycles. The van der Waals surface area contributed by atoms with Crippen LogP contribution in [0.15, 0.2) is 29.1 Å². The smallest absolute Gasteiger partial charge is 0.255 e. The Kier molecular flexibility index (Phi) is 5.60. The molecule has 1 atom stereocenters. The third-order valence-electron chi connectivity index (χ3n) is 4.55. The number of benzene rings is 1. The average Bonchev–Trinajstić information content (AvgIpc) is 2.56. The molecular formula is C19H24FN3O2. The highest BCUT2D eigenvalue weighted by atomic mass is 19.1. The van der Waals surface area contributed by atoms with Gasteiger partial charge >= 0.3 is 0 Å². The van der Waals surface area contributed by atoms with Crippen molar-refractivity contribution in [2.24, 2.45) is 0 Å². The van der Waals surface area contributed by atoms with E-state index in [1.54, 1.807) is 6.07 Å². The summed E-state index contributed by atoms with van der Waals surface area (Å²) in [6.45, 7) is 3.92. The van der Waals surface area contributed by atoms with E-state index in [4.69, 9.17) is 0 Å². The van der Waals surface area contributed by atoms with Crippen molar-refractivity contribution in [3.05, 3.63) is 63.1 Å². The summed E-state index contributed by atoms with van der Waals surface area (Å²) in [7, 11) is 0. The number of rotatable bonds is 6. The van der Waals surface area contributed by atoms with Crippen LogP contribution < -0.4 is 5.56 Å². The molecule has 0 fully saturated rings. The number of aliphatic hydroxyl groups is 1. The lowest BCUT2D eigenvalue weighted by Gasteiger charge is -2.29. The molecule has 0 aliphatic carbocycles. The largest absolute Gasteiger partial charge is 0.392 e. The summed E-state index contributed by atoms with van der Waals surface area (Å²) < 4.78 is 13.3. The minimum absolute atomic E-state index is 0.133. The van der Waals surface area contributed by atoms with Crippen LogP contribution in [0.1, 0.15) is 42.4 Å². The Bertz CT molecular complexity index is 790. The Labute approximate surface area is 146 Å². The van der Waals surface area contributed by atoms with Gasteiger partial charge < -0.3 is 10.1 Å². The fourth-order valence-corrected chi connectivity index (χ4v) is 3.33. The molecule has 3 rings (SSSR count). The molecule has 6 heteroatoms. The van der Waals surface area contributed by atoms with E-state index in [0.717, 1.165) is 30.6 Å². The molecule has 1 unspecified atom stereocenters. The molecule has 0 spiro atoms. The van der Waals surface area contributed by atoms with E-state index in [0.29, 0.717) is 37.3 Å². The van der Waals surface area contributed by atoms with E-state index in [1.807, 2.05) is 13.0 Å². The molecule has 2 aromatic rings. The summed E-state index contributed by atoms with van der Waals surface area (Å²) in [4.78, 5) is 21.9. The van der Waals surface area contributed by atoms with Crippen LogP contribution in [0.5, 0.6) is 0 Å². The Morgan fingerprint density at radius 3 is 3.04 bits per heavy atom. The van der Waals surface area contributed by atoms with Crippen molar-refractivity contribution in [2.45, 2.75) is 45.3 Å². The second kappa shape index (κ2) is 7.89. The second-order valence-corrected chi connectivity index (χ2v) is 6.67. The summed E-state index contributed by atoms with van der Waals surface area (Å²) >= 11 is 0. The first-order valence-corrected chi connectivity index (χ1v) is 8.81. The van der Waals surface area contributed by atoms with Crippen LogP contribution >= 0.6 is 0 Å². The normalized spacial score (nSPS) is 15.8. The number of hydrogen-bond acceptors (Lipinski definition) is 4. The first-order chi connectivity index (χ1) is 12.0. The van der Waals surface area contributed by atoms with E-state index in [2.05, 4.69) is 14.9 Å². The molecular weight excluding hydrogens is 321 g/mol. The number of nitrogens with one attached hydrogen (secondary N) is 1. The van der Waals surface area contributed by atoms with Gasteiger partial charge in [-0.3, -0.25) is 9.69 Å². The second-order valence-electron chi connectivity index (χ2n) is 6.67. The molecule has 5 nitrogen and oxygen atoms in total. The predicted octanol–water partition coefficient (Wildman–Crippen LogP) is 2.02. The van der Waals surface area contributed by atoms with E-state index < -0.39 is 0 Å². The van der Waals surface area contributed by atoms with Gasteiger partial charge in [-0.1, -0.05) is 25.5 Å². The molecule has 0 radical (unpaired) electrons. The van der Waals surface area contributed by atoms with Crippen LogP contribution in [0.2, 0.25) is 0 Å². The van der Waals surface area contributed by atoms with Crippen LogP contribution in [0.4, 0.5) is 4.39 Å². The number of β-amino-alcohol motifs (C(OH)–C–C–N with tert-alkyl or cyclic N) is 1. The van der Waals surface area contributed by atoms with Crippen LogP contribution in [0.3, 0.4) is 0 Å². The van der Waals surface area contributed by atoms with Gasteiger partial charge in [0.25, 0.3) is 5.56 Å². The number of H-pyrrole nitrogens is 1. The van der Waals surface area contributed by atoms with Crippen LogP contribution in [-0.2, 0) is 19.4 Å². The van der Waals surface area contributed by atoms with Crippen LogP contribution in [0.25, 0.3) is 0 Å². The van der Waals surface area contributed by atoms with Gasteiger partial charge in [0, 0.05) is 32.5 Å². The molecule has 134 valence electrons. The fraction of sp³-hybridized carbons (Fsp3) is 0.474. The molecule has 0 amide bonds. The molecule has 1 aromatic heterocycles. The predicted molar refractivity (Wildman–Crippen MR) is 94.0 cm³/mol. The van der Waals surface area contributed by atoms with E-state index >= 15 is 0 Å². The summed E-state index contributed by atoms with van der Waals surface area (Å²) in [5, 5.41) is 9.98. The Morgan fingerprint density at radius 1 is 1.44 bits per heavy atom. The minimum atomic E-state index is -0.356. The lowest BCUT2D eigenvalue weighted by atomic mass is 10.1. The number of aromatic amines is 1. The zero-order chi connectivity index (χ0) is 17.8. The van der Waals surface area contributed by atoms with Gasteiger partial charge in [-0.15, -0.1) is 0 Å². The summed E-state index contributed by atoms with van der Waals surface area (Å²) in [5.74, 6) is 0.271. The average molecular weight is 345 g/mol. The Hall–Kier alpha value is -2.05. The monoisotopic (exact) mass is 345 g/mol. The van der Waals surface area contributed by atoms with Gasteiger partial charge in [0.1, 0.15) is 11.6 Å². The number of halogens is 1. The lowest BCUT2D eigenvalue weighted by Crippen LogP contribution is -2.40. The molecule has 2 heterocycles. The lowest BCUT2D eigenvalue weighted by molar-refractivity contribution is 0.0972. The number of fused-ring (bicyclic) bond motifs is 1. The molecule has 25 heavy (non-hydrogen) atoms. The first-order valence-electron chi connectivity index (χ1n) is 8.81. The maximum Gasteiger partial charge on any atom is 0.255 e. The minimum Gasteiger partial charge on any atom is -0.392 e. The van der Waals surface area contributed by atoms with E-state index in [-0.39, 0.29) is 17.5 Å². The Morgan fingerprint density at radius 2 is 2.28 bits per heavy atom. The van der Waals surface area contributed by atoms with Gasteiger partial charge in [0.05, 0.1) is 17.4 Å². The van der Waals surface area contributed by atoms with Gasteiger partial charge in [0.2, 0.25) is 0 Å². The summed E-state index contributed by atoms with van der Waals surface area (Å²) in [6, 6.07) is 6.32. The molecule has 1 aliphatic heterocycles. The van der Waals surface area contributed by atoms with Crippen molar-refractivity contribution < 1.29 is 9.50 Å². The molecule has 0 bridgehead atoms. The first kappa shape index (κ1) is 17.8. The zero-order valence-electron chi connectivity index (χ0n) is 14.5. The zero-order valence-corrected chi connectivity index (χ0v) is 14.5. The maximum atomic E-state index is 13.3. The quantitative estimate of drug-likeness (QED) is 0.840.